The molecule has 3 saturated carbocycles. The first kappa shape index (κ1) is 7.39. The SMILES string of the molecule is CC1(C)[C@@H]2C[C@@H]3O[B]O[C@H]3[C@H]1C2. The van der Waals surface area contributed by atoms with E-state index in [2.05, 4.69) is 13.8 Å². The molecule has 2 bridgehead atoms. The van der Waals surface area contributed by atoms with Crippen molar-refractivity contribution in [1.82, 2.24) is 0 Å². The molecular weight excluding hydrogens is 151 g/mol. The Morgan fingerprint density at radius 1 is 1.25 bits per heavy atom. The molecule has 1 radical (unpaired) electrons. The summed E-state index contributed by atoms with van der Waals surface area (Å²) in [6.07, 6.45) is 3.29. The molecular formula is C9H14BO2. The normalized spacial score (nSPS) is 53.8. The highest BCUT2D eigenvalue weighted by Gasteiger charge is 2.60. The summed E-state index contributed by atoms with van der Waals surface area (Å²) in [5, 5.41) is 0. The standard InChI is InChI=1S/C9H14BO2/c1-9(2)5-3-6(9)8-7(4-5)11-10-12-8/h5-8H,3-4H2,1-2H3/t5-,6+,7-,8-/m0/s1. The van der Waals surface area contributed by atoms with Crippen molar-refractivity contribution in [3.8, 4) is 0 Å². The van der Waals surface area contributed by atoms with E-state index in [1.807, 2.05) is 0 Å². The van der Waals surface area contributed by atoms with Gasteiger partial charge in [-0.3, -0.25) is 0 Å². The fourth-order valence-corrected chi connectivity index (χ4v) is 3.17. The van der Waals surface area contributed by atoms with Gasteiger partial charge in [0.2, 0.25) is 0 Å². The van der Waals surface area contributed by atoms with E-state index in [1.54, 1.807) is 7.69 Å². The van der Waals surface area contributed by atoms with Crippen LogP contribution in [0.5, 0.6) is 0 Å². The van der Waals surface area contributed by atoms with Crippen molar-refractivity contribution in [3.63, 3.8) is 0 Å². The van der Waals surface area contributed by atoms with Crippen LogP contribution in [0.1, 0.15) is 26.7 Å². The van der Waals surface area contributed by atoms with E-state index in [1.165, 1.54) is 12.8 Å². The molecule has 0 aromatic heterocycles. The summed E-state index contributed by atoms with van der Waals surface area (Å²) in [5.41, 5.74) is 0.503. The van der Waals surface area contributed by atoms with Gasteiger partial charge in [0.15, 0.2) is 0 Å². The first-order valence-corrected chi connectivity index (χ1v) is 4.82. The smallest absolute Gasteiger partial charge is 0.408 e. The second-order valence-corrected chi connectivity index (χ2v) is 4.97. The minimum atomic E-state index is 0.366. The molecule has 2 nitrogen and oxygen atoms in total. The minimum absolute atomic E-state index is 0.366. The van der Waals surface area contributed by atoms with E-state index in [-0.39, 0.29) is 0 Å². The van der Waals surface area contributed by atoms with Gasteiger partial charge in [0.05, 0.1) is 12.2 Å². The first-order valence-electron chi connectivity index (χ1n) is 4.82. The lowest BCUT2D eigenvalue weighted by Gasteiger charge is -2.60. The number of hydrogen-bond acceptors (Lipinski definition) is 2. The molecule has 1 heterocycles. The Hall–Kier alpha value is -0.0151. The Balaban J connectivity index is 1.88. The molecule has 65 valence electrons. The molecule has 1 aliphatic heterocycles. The van der Waals surface area contributed by atoms with Crippen molar-refractivity contribution in [2.45, 2.75) is 38.9 Å². The number of hydrogen-bond donors (Lipinski definition) is 0. The maximum atomic E-state index is 5.50. The van der Waals surface area contributed by atoms with Crippen molar-refractivity contribution in [2.75, 3.05) is 0 Å². The molecule has 0 N–H and O–H groups in total. The summed E-state index contributed by atoms with van der Waals surface area (Å²) < 4.78 is 10.9. The molecule has 1 saturated heterocycles. The Labute approximate surface area is 73.9 Å². The predicted octanol–water partition coefficient (Wildman–Crippen LogP) is 1.37. The van der Waals surface area contributed by atoms with Gasteiger partial charge in [0.25, 0.3) is 0 Å². The van der Waals surface area contributed by atoms with Crippen LogP contribution in [-0.2, 0) is 9.31 Å². The molecule has 0 aromatic rings. The summed E-state index contributed by atoms with van der Waals surface area (Å²) in [6.45, 7) is 4.73. The van der Waals surface area contributed by atoms with Crippen LogP contribution in [0, 0.1) is 17.3 Å². The lowest BCUT2D eigenvalue weighted by Crippen LogP contribution is -2.59. The highest BCUT2D eigenvalue weighted by atomic mass is 16.6. The predicted molar refractivity (Wildman–Crippen MR) is 45.5 cm³/mol. The van der Waals surface area contributed by atoms with Crippen LogP contribution < -0.4 is 0 Å². The van der Waals surface area contributed by atoms with Crippen molar-refractivity contribution < 1.29 is 9.31 Å². The minimum Gasteiger partial charge on any atom is -0.408 e. The largest absolute Gasteiger partial charge is 0.488 e. The fraction of sp³-hybridized carbons (Fsp3) is 1.00. The maximum absolute atomic E-state index is 5.50. The van der Waals surface area contributed by atoms with E-state index in [0.717, 1.165) is 11.8 Å². The van der Waals surface area contributed by atoms with Gasteiger partial charge in [-0.2, -0.15) is 0 Å². The monoisotopic (exact) mass is 165 g/mol. The van der Waals surface area contributed by atoms with Crippen molar-refractivity contribution in [1.29, 1.82) is 0 Å². The van der Waals surface area contributed by atoms with Gasteiger partial charge >= 0.3 is 7.69 Å². The van der Waals surface area contributed by atoms with Gasteiger partial charge in [0.1, 0.15) is 0 Å². The van der Waals surface area contributed by atoms with E-state index >= 15 is 0 Å². The second kappa shape index (κ2) is 2.07. The zero-order valence-corrected chi connectivity index (χ0v) is 7.62. The highest BCUT2D eigenvalue weighted by molar-refractivity contribution is 6.19. The molecule has 0 spiro atoms. The average molecular weight is 165 g/mol. The lowest BCUT2D eigenvalue weighted by atomic mass is 9.47. The van der Waals surface area contributed by atoms with Crippen LogP contribution in [-0.4, -0.2) is 19.9 Å². The topological polar surface area (TPSA) is 18.5 Å². The zero-order valence-electron chi connectivity index (χ0n) is 7.62. The summed E-state index contributed by atoms with van der Waals surface area (Å²) >= 11 is 0. The summed E-state index contributed by atoms with van der Waals surface area (Å²) in [7, 11) is 1.55. The first-order chi connectivity index (χ1) is 5.69. The highest BCUT2D eigenvalue weighted by Crippen LogP contribution is 2.61. The van der Waals surface area contributed by atoms with Crippen molar-refractivity contribution in [2.24, 2.45) is 17.3 Å². The van der Waals surface area contributed by atoms with Crippen LogP contribution >= 0.6 is 0 Å². The Bertz CT molecular complexity index is 217. The second-order valence-electron chi connectivity index (χ2n) is 4.97. The molecule has 4 fully saturated rings. The zero-order chi connectivity index (χ0) is 8.34. The molecule has 12 heavy (non-hydrogen) atoms. The van der Waals surface area contributed by atoms with Crippen LogP contribution in [0.4, 0.5) is 0 Å². The Morgan fingerprint density at radius 3 is 2.83 bits per heavy atom. The third kappa shape index (κ3) is 0.698. The van der Waals surface area contributed by atoms with Crippen LogP contribution in [0.15, 0.2) is 0 Å². The van der Waals surface area contributed by atoms with E-state index < -0.39 is 0 Å². The molecule has 0 amide bonds. The van der Waals surface area contributed by atoms with Gasteiger partial charge in [-0.1, -0.05) is 13.8 Å². The van der Waals surface area contributed by atoms with Gasteiger partial charge < -0.3 is 9.31 Å². The quantitative estimate of drug-likeness (QED) is 0.504. The third-order valence-corrected chi connectivity index (χ3v) is 4.27. The van der Waals surface area contributed by atoms with Gasteiger partial charge in [0, 0.05) is 0 Å². The van der Waals surface area contributed by atoms with E-state index in [0.29, 0.717) is 17.6 Å². The van der Waals surface area contributed by atoms with Gasteiger partial charge in [-0.15, -0.1) is 0 Å². The third-order valence-electron chi connectivity index (χ3n) is 4.27. The molecule has 4 atom stereocenters. The van der Waals surface area contributed by atoms with Crippen LogP contribution in [0.3, 0.4) is 0 Å². The fourth-order valence-electron chi connectivity index (χ4n) is 3.17. The van der Waals surface area contributed by atoms with Crippen LogP contribution in [0.2, 0.25) is 0 Å². The summed E-state index contributed by atoms with van der Waals surface area (Å²) in [4.78, 5) is 0. The lowest BCUT2D eigenvalue weighted by molar-refractivity contribution is -0.150. The molecule has 4 aliphatic rings. The van der Waals surface area contributed by atoms with Crippen molar-refractivity contribution >= 4 is 7.69 Å². The summed E-state index contributed by atoms with van der Waals surface area (Å²) in [5.74, 6) is 1.61. The average Bonchev–Trinajstić information content (AvgIpc) is 2.49. The summed E-state index contributed by atoms with van der Waals surface area (Å²) in [6, 6.07) is 0. The Morgan fingerprint density at radius 2 is 2.08 bits per heavy atom. The molecule has 4 rings (SSSR count). The van der Waals surface area contributed by atoms with Crippen LogP contribution in [0.25, 0.3) is 0 Å². The van der Waals surface area contributed by atoms with Gasteiger partial charge in [-0.25, -0.2) is 0 Å². The number of rotatable bonds is 0. The molecule has 3 aliphatic carbocycles. The molecule has 0 unspecified atom stereocenters. The molecule has 3 heteroatoms. The maximum Gasteiger partial charge on any atom is 0.488 e. The van der Waals surface area contributed by atoms with E-state index in [9.17, 15) is 0 Å². The van der Waals surface area contributed by atoms with Gasteiger partial charge in [-0.05, 0) is 30.1 Å². The van der Waals surface area contributed by atoms with E-state index in [4.69, 9.17) is 9.31 Å². The Kier molecular flexibility index (Phi) is 1.28. The molecule has 0 aromatic carbocycles. The van der Waals surface area contributed by atoms with Crippen molar-refractivity contribution in [3.05, 3.63) is 0 Å².